The van der Waals surface area contributed by atoms with Gasteiger partial charge in [0.15, 0.2) is 0 Å². The number of rotatable bonds is 9. The Bertz CT molecular complexity index is 1300. The van der Waals surface area contributed by atoms with Crippen LogP contribution in [0.2, 0.25) is 5.02 Å². The smallest absolute Gasteiger partial charge is 0.250 e. The average Bonchev–Trinajstić information content (AvgIpc) is 3.55. The molecule has 40 heavy (non-hydrogen) atoms. The van der Waals surface area contributed by atoms with Gasteiger partial charge in [-0.25, -0.2) is 13.1 Å². The van der Waals surface area contributed by atoms with Crippen LogP contribution in [0.4, 0.5) is 5.69 Å². The van der Waals surface area contributed by atoms with E-state index in [2.05, 4.69) is 9.62 Å². The van der Waals surface area contributed by atoms with Gasteiger partial charge in [0.2, 0.25) is 21.8 Å². The minimum atomic E-state index is -3.47. The highest BCUT2D eigenvalue weighted by Gasteiger charge is 2.41. The van der Waals surface area contributed by atoms with E-state index in [4.69, 9.17) is 11.6 Å². The molecule has 1 aromatic heterocycles. The van der Waals surface area contributed by atoms with E-state index in [1.165, 1.54) is 11.3 Å². The lowest BCUT2D eigenvalue weighted by Crippen LogP contribution is -2.51. The predicted octanol–water partition coefficient (Wildman–Crippen LogP) is 4.67. The molecule has 2 bridgehead atoms. The molecular weight excluding hydrogens is 568 g/mol. The SMILES string of the molecule is CC(=O)N1CCC(C(=O)N(CCCN2C3CCC2CC(NS(=O)(=O)c2cccs2)C3)c2ccc(C)c(Cl)c2)CC1. The second-order valence-corrected chi connectivity index (χ2v) is 14.7. The van der Waals surface area contributed by atoms with E-state index in [-0.39, 0.29) is 23.8 Å². The summed E-state index contributed by atoms with van der Waals surface area (Å²) < 4.78 is 28.9. The molecule has 0 saturated carbocycles. The summed E-state index contributed by atoms with van der Waals surface area (Å²) in [5.74, 6) is 0.0533. The van der Waals surface area contributed by atoms with Crippen molar-refractivity contribution in [1.29, 1.82) is 0 Å². The van der Waals surface area contributed by atoms with Crippen molar-refractivity contribution < 1.29 is 18.0 Å². The first kappa shape index (κ1) is 29.5. The number of hydrogen-bond donors (Lipinski definition) is 1. The second-order valence-electron chi connectivity index (χ2n) is 11.4. The highest BCUT2D eigenvalue weighted by atomic mass is 35.5. The van der Waals surface area contributed by atoms with E-state index in [0.717, 1.165) is 49.9 Å². The third kappa shape index (κ3) is 6.57. The van der Waals surface area contributed by atoms with Crippen molar-refractivity contribution in [2.45, 2.75) is 81.1 Å². The molecule has 0 radical (unpaired) electrons. The Kier molecular flexibility index (Phi) is 9.21. The Labute approximate surface area is 246 Å². The quantitative estimate of drug-likeness (QED) is 0.448. The highest BCUT2D eigenvalue weighted by molar-refractivity contribution is 7.91. The summed E-state index contributed by atoms with van der Waals surface area (Å²) in [4.78, 5) is 31.8. The topological polar surface area (TPSA) is 90.0 Å². The molecule has 1 aromatic carbocycles. The molecule has 8 nitrogen and oxygen atoms in total. The molecule has 218 valence electrons. The van der Waals surface area contributed by atoms with Crippen molar-refractivity contribution in [3.05, 3.63) is 46.3 Å². The molecule has 3 fully saturated rings. The van der Waals surface area contributed by atoms with Crippen molar-refractivity contribution in [2.75, 3.05) is 31.1 Å². The summed E-state index contributed by atoms with van der Waals surface area (Å²) in [7, 11) is -3.47. The first-order valence-electron chi connectivity index (χ1n) is 14.3. The molecule has 2 unspecified atom stereocenters. The molecule has 2 amide bonds. The molecule has 2 aromatic rings. The van der Waals surface area contributed by atoms with E-state index in [9.17, 15) is 18.0 Å². The first-order valence-corrected chi connectivity index (χ1v) is 17.0. The van der Waals surface area contributed by atoms with Crippen LogP contribution in [0.15, 0.2) is 39.9 Å². The Morgan fingerprint density at radius 1 is 1.10 bits per heavy atom. The molecular formula is C29H39ClN4O4S2. The van der Waals surface area contributed by atoms with Crippen molar-refractivity contribution in [3.8, 4) is 0 Å². The summed E-state index contributed by atoms with van der Waals surface area (Å²) in [5, 5.41) is 2.43. The van der Waals surface area contributed by atoms with Gasteiger partial charge in [0.25, 0.3) is 0 Å². The zero-order valence-corrected chi connectivity index (χ0v) is 25.6. The van der Waals surface area contributed by atoms with Crippen molar-refractivity contribution in [3.63, 3.8) is 0 Å². The third-order valence-electron chi connectivity index (χ3n) is 8.79. The molecule has 5 rings (SSSR count). The number of piperidine rings is 2. The number of nitrogens with one attached hydrogen (secondary N) is 1. The van der Waals surface area contributed by atoms with Crippen LogP contribution in [0.5, 0.6) is 0 Å². The number of sulfonamides is 1. The number of benzene rings is 1. The van der Waals surface area contributed by atoms with Crippen LogP contribution in [-0.4, -0.2) is 74.3 Å². The van der Waals surface area contributed by atoms with Crippen LogP contribution >= 0.6 is 22.9 Å². The lowest BCUT2D eigenvalue weighted by Gasteiger charge is -2.39. The van der Waals surface area contributed by atoms with Gasteiger partial charge in [0, 0.05) is 67.9 Å². The van der Waals surface area contributed by atoms with Crippen LogP contribution in [-0.2, 0) is 19.6 Å². The van der Waals surface area contributed by atoms with Crippen LogP contribution in [0.1, 0.15) is 57.4 Å². The first-order chi connectivity index (χ1) is 19.1. The molecule has 3 saturated heterocycles. The lowest BCUT2D eigenvalue weighted by atomic mass is 9.94. The molecule has 0 spiro atoms. The number of nitrogens with zero attached hydrogens (tertiary/aromatic N) is 3. The summed E-state index contributed by atoms with van der Waals surface area (Å²) >= 11 is 7.70. The van der Waals surface area contributed by atoms with Crippen LogP contribution < -0.4 is 9.62 Å². The van der Waals surface area contributed by atoms with Crippen molar-refractivity contribution in [2.24, 2.45) is 5.92 Å². The number of fused-ring (bicyclic) bond motifs is 2. The third-order valence-corrected chi connectivity index (χ3v) is 12.1. The summed E-state index contributed by atoms with van der Waals surface area (Å²) in [6.45, 7) is 6.22. The molecule has 11 heteroatoms. The number of thiophene rings is 1. The number of halogens is 1. The molecule has 2 atom stereocenters. The van der Waals surface area contributed by atoms with Gasteiger partial charge in [0.05, 0.1) is 0 Å². The summed E-state index contributed by atoms with van der Waals surface area (Å²) in [6.07, 6.45) is 5.95. The van der Waals surface area contributed by atoms with E-state index >= 15 is 0 Å². The minimum absolute atomic E-state index is 0.0468. The zero-order valence-electron chi connectivity index (χ0n) is 23.2. The maximum absolute atomic E-state index is 13.8. The van der Waals surface area contributed by atoms with Crippen LogP contribution in [0.3, 0.4) is 0 Å². The van der Waals surface area contributed by atoms with Gasteiger partial charge in [0.1, 0.15) is 4.21 Å². The monoisotopic (exact) mass is 606 g/mol. The van der Waals surface area contributed by atoms with Crippen molar-refractivity contribution >= 4 is 50.5 Å². The average molecular weight is 607 g/mol. The van der Waals surface area contributed by atoms with Gasteiger partial charge in [-0.15, -0.1) is 11.3 Å². The molecule has 0 aliphatic carbocycles. The Hall–Kier alpha value is -1.98. The normalized spacial score (nSPS) is 23.9. The van der Waals surface area contributed by atoms with Crippen molar-refractivity contribution in [1.82, 2.24) is 14.5 Å². The van der Waals surface area contributed by atoms with E-state index in [1.54, 1.807) is 24.4 Å². The van der Waals surface area contributed by atoms with Gasteiger partial charge in [-0.05, 0) is 81.0 Å². The number of likely N-dealkylation sites (tertiary alicyclic amines) is 1. The second kappa shape index (κ2) is 12.5. The number of carbonyl (C=O) groups excluding carboxylic acids is 2. The van der Waals surface area contributed by atoms with E-state index in [0.29, 0.717) is 53.8 Å². The Morgan fingerprint density at radius 3 is 2.40 bits per heavy atom. The zero-order chi connectivity index (χ0) is 28.4. The maximum Gasteiger partial charge on any atom is 0.250 e. The molecule has 1 N–H and O–H groups in total. The molecule has 4 heterocycles. The largest absolute Gasteiger partial charge is 0.343 e. The lowest BCUT2D eigenvalue weighted by molar-refractivity contribution is -0.133. The van der Waals surface area contributed by atoms with Gasteiger partial charge >= 0.3 is 0 Å². The molecule has 3 aliphatic rings. The predicted molar refractivity (Wildman–Crippen MR) is 159 cm³/mol. The number of hydrogen-bond acceptors (Lipinski definition) is 6. The fraction of sp³-hybridized carbons (Fsp3) is 0.586. The summed E-state index contributed by atoms with van der Waals surface area (Å²) in [5.41, 5.74) is 1.79. The van der Waals surface area contributed by atoms with Gasteiger partial charge in [-0.2, -0.15) is 0 Å². The molecule has 3 aliphatic heterocycles. The minimum Gasteiger partial charge on any atom is -0.343 e. The number of amides is 2. The van der Waals surface area contributed by atoms with Gasteiger partial charge in [-0.1, -0.05) is 23.7 Å². The van der Waals surface area contributed by atoms with Gasteiger partial charge in [-0.3, -0.25) is 14.5 Å². The fourth-order valence-corrected chi connectivity index (χ4v) is 9.06. The van der Waals surface area contributed by atoms with Crippen LogP contribution in [0, 0.1) is 12.8 Å². The maximum atomic E-state index is 13.8. The fourth-order valence-electron chi connectivity index (χ4n) is 6.62. The van der Waals surface area contributed by atoms with E-state index < -0.39 is 10.0 Å². The Balaban J connectivity index is 1.21. The Morgan fingerprint density at radius 2 is 1.80 bits per heavy atom. The number of anilines is 1. The number of aryl methyl sites for hydroxylation is 1. The number of carbonyl (C=O) groups is 2. The highest BCUT2D eigenvalue weighted by Crippen LogP contribution is 2.37. The van der Waals surface area contributed by atoms with E-state index in [1.807, 2.05) is 34.9 Å². The van der Waals surface area contributed by atoms with Crippen LogP contribution in [0.25, 0.3) is 0 Å². The van der Waals surface area contributed by atoms with Gasteiger partial charge < -0.3 is 9.80 Å². The summed E-state index contributed by atoms with van der Waals surface area (Å²) in [6, 6.07) is 9.88. The standard InChI is InChI=1S/C29H39ClN4O4S2/c1-20-6-7-26(19-27(20)30)34(29(36)22-10-14-32(15-11-22)21(2)35)13-4-12-33-24-8-9-25(33)18-23(17-24)31-40(37,38)28-5-3-16-39-28/h3,5-7,16,19,22-25,31H,4,8-15,17-18H2,1-2H3.